The smallest absolute Gasteiger partial charge is 0.269 e. The highest BCUT2D eigenvalue weighted by Gasteiger charge is 2.25. The Labute approximate surface area is 120 Å². The van der Waals surface area contributed by atoms with Crippen molar-refractivity contribution in [2.75, 3.05) is 6.54 Å². The van der Waals surface area contributed by atoms with Crippen LogP contribution in [0.3, 0.4) is 0 Å². The average Bonchev–Trinajstić information content (AvgIpc) is 2.86. The minimum absolute atomic E-state index is 0.0549. The van der Waals surface area contributed by atoms with Gasteiger partial charge in [-0.3, -0.25) is 9.48 Å². The van der Waals surface area contributed by atoms with Gasteiger partial charge in [-0.2, -0.15) is 5.10 Å². The predicted molar refractivity (Wildman–Crippen MR) is 79.5 cm³/mol. The summed E-state index contributed by atoms with van der Waals surface area (Å²) in [5.74, 6) is 0.470. The van der Waals surface area contributed by atoms with Crippen LogP contribution in [0.2, 0.25) is 0 Å². The van der Waals surface area contributed by atoms with Gasteiger partial charge in [0.1, 0.15) is 5.69 Å². The summed E-state index contributed by atoms with van der Waals surface area (Å²) in [7, 11) is 1.81. The molecule has 1 aliphatic rings. The van der Waals surface area contributed by atoms with Crippen molar-refractivity contribution in [3.05, 3.63) is 17.5 Å². The summed E-state index contributed by atoms with van der Waals surface area (Å²) in [5.41, 5.74) is 7.43. The van der Waals surface area contributed by atoms with Gasteiger partial charge in [-0.25, -0.2) is 0 Å². The van der Waals surface area contributed by atoms with Crippen LogP contribution in [-0.4, -0.2) is 28.3 Å². The SMILES string of the molecule is CCc1cc(C(=O)NC(CN)C2CCCCC2)n(C)n1. The molecule has 3 N–H and O–H groups in total. The molecule has 5 heteroatoms. The van der Waals surface area contributed by atoms with Crippen molar-refractivity contribution in [2.45, 2.75) is 51.5 Å². The Balaban J connectivity index is 2.02. The fourth-order valence-corrected chi connectivity index (χ4v) is 3.06. The Bertz CT molecular complexity index is 449. The molecule has 0 aromatic carbocycles. The summed E-state index contributed by atoms with van der Waals surface area (Å²) in [6, 6.07) is 1.95. The molecule has 1 aliphatic carbocycles. The number of rotatable bonds is 5. The lowest BCUT2D eigenvalue weighted by Crippen LogP contribution is -2.46. The first-order valence-electron chi connectivity index (χ1n) is 7.69. The van der Waals surface area contributed by atoms with Crippen LogP contribution in [-0.2, 0) is 13.5 Å². The van der Waals surface area contributed by atoms with Crippen LogP contribution in [0.25, 0.3) is 0 Å². The van der Waals surface area contributed by atoms with Crippen LogP contribution in [0.1, 0.15) is 55.2 Å². The highest BCUT2D eigenvalue weighted by molar-refractivity contribution is 5.92. The Morgan fingerprint density at radius 2 is 2.20 bits per heavy atom. The maximum absolute atomic E-state index is 12.4. The number of aromatic nitrogens is 2. The van der Waals surface area contributed by atoms with Gasteiger partial charge in [0.15, 0.2) is 0 Å². The molecule has 0 radical (unpaired) electrons. The van der Waals surface area contributed by atoms with Crippen molar-refractivity contribution in [1.82, 2.24) is 15.1 Å². The minimum atomic E-state index is -0.0549. The second-order valence-corrected chi connectivity index (χ2v) is 5.71. The molecule has 1 amide bonds. The van der Waals surface area contributed by atoms with Gasteiger partial charge in [-0.1, -0.05) is 26.2 Å². The molecule has 1 unspecified atom stereocenters. The van der Waals surface area contributed by atoms with E-state index < -0.39 is 0 Å². The molecule has 2 rings (SSSR count). The van der Waals surface area contributed by atoms with Gasteiger partial charge in [-0.05, 0) is 31.2 Å². The van der Waals surface area contributed by atoms with Crippen LogP contribution in [0, 0.1) is 5.92 Å². The van der Waals surface area contributed by atoms with Crippen molar-refractivity contribution < 1.29 is 4.79 Å². The molecule has 0 bridgehead atoms. The van der Waals surface area contributed by atoms with E-state index in [2.05, 4.69) is 10.4 Å². The number of hydrogen-bond acceptors (Lipinski definition) is 3. The van der Waals surface area contributed by atoms with E-state index in [1.54, 1.807) is 4.68 Å². The Kier molecular flexibility index (Phi) is 5.17. The monoisotopic (exact) mass is 278 g/mol. The number of nitrogens with zero attached hydrogens (tertiary/aromatic N) is 2. The quantitative estimate of drug-likeness (QED) is 0.859. The third kappa shape index (κ3) is 3.39. The Morgan fingerprint density at radius 1 is 1.50 bits per heavy atom. The molecular weight excluding hydrogens is 252 g/mol. The lowest BCUT2D eigenvalue weighted by atomic mass is 9.84. The molecule has 1 aromatic rings. The number of nitrogens with two attached hydrogens (primary N) is 1. The molecule has 1 fully saturated rings. The topological polar surface area (TPSA) is 72.9 Å². The first kappa shape index (κ1) is 15.0. The third-order valence-corrected chi connectivity index (χ3v) is 4.31. The van der Waals surface area contributed by atoms with Crippen LogP contribution in [0.5, 0.6) is 0 Å². The highest BCUT2D eigenvalue weighted by atomic mass is 16.2. The number of carbonyl (C=O) groups excluding carboxylic acids is 1. The highest BCUT2D eigenvalue weighted by Crippen LogP contribution is 2.26. The summed E-state index contributed by atoms with van der Waals surface area (Å²) >= 11 is 0. The molecule has 5 nitrogen and oxygen atoms in total. The largest absolute Gasteiger partial charge is 0.346 e. The van der Waals surface area contributed by atoms with Crippen molar-refractivity contribution in [2.24, 2.45) is 18.7 Å². The third-order valence-electron chi connectivity index (χ3n) is 4.31. The van der Waals surface area contributed by atoms with Crippen LogP contribution in [0.4, 0.5) is 0 Å². The first-order valence-corrected chi connectivity index (χ1v) is 7.69. The number of nitrogens with one attached hydrogen (secondary N) is 1. The number of hydrogen-bond donors (Lipinski definition) is 2. The van der Waals surface area contributed by atoms with Crippen LogP contribution in [0.15, 0.2) is 6.07 Å². The van der Waals surface area contributed by atoms with Gasteiger partial charge < -0.3 is 11.1 Å². The lowest BCUT2D eigenvalue weighted by Gasteiger charge is -2.30. The second-order valence-electron chi connectivity index (χ2n) is 5.71. The maximum Gasteiger partial charge on any atom is 0.269 e. The first-order chi connectivity index (χ1) is 9.65. The fraction of sp³-hybridized carbons (Fsp3) is 0.733. The van der Waals surface area contributed by atoms with Crippen molar-refractivity contribution in [3.8, 4) is 0 Å². The van der Waals surface area contributed by atoms with E-state index in [9.17, 15) is 4.79 Å². The summed E-state index contributed by atoms with van der Waals surface area (Å²) in [6.07, 6.45) is 7.00. The zero-order chi connectivity index (χ0) is 14.5. The molecule has 0 spiro atoms. The average molecular weight is 278 g/mol. The van der Waals surface area contributed by atoms with Gasteiger partial charge in [0.2, 0.25) is 0 Å². The van der Waals surface area contributed by atoms with E-state index in [-0.39, 0.29) is 11.9 Å². The minimum Gasteiger partial charge on any atom is -0.346 e. The molecule has 112 valence electrons. The zero-order valence-corrected chi connectivity index (χ0v) is 12.6. The predicted octanol–water partition coefficient (Wildman–Crippen LogP) is 1.62. The Hall–Kier alpha value is -1.36. The van der Waals surface area contributed by atoms with E-state index in [4.69, 9.17) is 5.73 Å². The van der Waals surface area contributed by atoms with E-state index >= 15 is 0 Å². The van der Waals surface area contributed by atoms with Gasteiger partial charge in [0.25, 0.3) is 5.91 Å². The van der Waals surface area contributed by atoms with Gasteiger partial charge in [0, 0.05) is 19.6 Å². The summed E-state index contributed by atoms with van der Waals surface area (Å²) in [5, 5.41) is 7.43. The molecule has 1 heterocycles. The van der Waals surface area contributed by atoms with E-state index in [0.717, 1.165) is 12.1 Å². The molecule has 1 saturated carbocycles. The molecule has 0 saturated heterocycles. The molecule has 20 heavy (non-hydrogen) atoms. The van der Waals surface area contributed by atoms with Crippen molar-refractivity contribution in [3.63, 3.8) is 0 Å². The van der Waals surface area contributed by atoms with Crippen LogP contribution < -0.4 is 11.1 Å². The molecule has 1 aromatic heterocycles. The van der Waals surface area contributed by atoms with Gasteiger partial charge >= 0.3 is 0 Å². The summed E-state index contributed by atoms with van der Waals surface area (Å²) in [4.78, 5) is 12.4. The number of carbonyl (C=O) groups is 1. The van der Waals surface area contributed by atoms with Gasteiger partial charge in [-0.15, -0.1) is 0 Å². The zero-order valence-electron chi connectivity index (χ0n) is 12.6. The molecular formula is C15H26N4O. The standard InChI is InChI=1S/C15H26N4O/c1-3-12-9-14(19(2)18-12)15(20)17-13(10-16)11-7-5-4-6-8-11/h9,11,13H,3-8,10,16H2,1-2H3,(H,17,20). The maximum atomic E-state index is 12.4. The summed E-state index contributed by atoms with van der Waals surface area (Å²) < 4.78 is 1.66. The lowest BCUT2D eigenvalue weighted by molar-refractivity contribution is 0.0906. The Morgan fingerprint density at radius 3 is 2.75 bits per heavy atom. The molecule has 0 aliphatic heterocycles. The van der Waals surface area contributed by atoms with Crippen molar-refractivity contribution >= 4 is 5.91 Å². The second kappa shape index (κ2) is 6.88. The number of amides is 1. The van der Waals surface area contributed by atoms with Crippen molar-refractivity contribution in [1.29, 1.82) is 0 Å². The van der Waals surface area contributed by atoms with E-state index in [1.165, 1.54) is 32.1 Å². The fourth-order valence-electron chi connectivity index (χ4n) is 3.06. The van der Waals surface area contributed by atoms with Gasteiger partial charge in [0.05, 0.1) is 5.69 Å². The van der Waals surface area contributed by atoms with E-state index in [0.29, 0.717) is 18.2 Å². The van der Waals surface area contributed by atoms with Crippen LogP contribution >= 0.6 is 0 Å². The number of aryl methyl sites for hydroxylation is 2. The molecule has 1 atom stereocenters. The summed E-state index contributed by atoms with van der Waals surface area (Å²) in [6.45, 7) is 2.55. The van der Waals surface area contributed by atoms with E-state index in [1.807, 2.05) is 20.0 Å². The normalized spacial score (nSPS) is 17.9.